The third kappa shape index (κ3) is 3.59. The molecular weight excluding hydrogens is 322 g/mol. The van der Waals surface area contributed by atoms with E-state index in [0.29, 0.717) is 11.1 Å². The molecule has 6 heteroatoms. The summed E-state index contributed by atoms with van der Waals surface area (Å²) < 4.78 is 5.50. The van der Waals surface area contributed by atoms with E-state index in [-0.39, 0.29) is 11.3 Å². The van der Waals surface area contributed by atoms with Gasteiger partial charge in [0.05, 0.1) is 24.5 Å². The van der Waals surface area contributed by atoms with Crippen molar-refractivity contribution in [3.63, 3.8) is 0 Å². The minimum atomic E-state index is 0.0156. The number of nitrogens with one attached hydrogen (secondary N) is 1. The molecule has 1 unspecified atom stereocenters. The number of hydrogen-bond acceptors (Lipinski definition) is 6. The van der Waals surface area contributed by atoms with Gasteiger partial charge < -0.3 is 10.1 Å². The zero-order valence-electron chi connectivity index (χ0n) is 14.0. The van der Waals surface area contributed by atoms with Crippen LogP contribution in [-0.4, -0.2) is 60.6 Å². The fraction of sp³-hybridized carbons (Fsp3) is 0.556. The Hall–Kier alpha value is -1.55. The third-order valence-corrected chi connectivity index (χ3v) is 6.15. The van der Waals surface area contributed by atoms with Crippen LogP contribution in [0.2, 0.25) is 0 Å². The van der Waals surface area contributed by atoms with Gasteiger partial charge in [-0.25, -0.2) is 0 Å². The number of carbonyl (C=O) groups excluding carboxylic acids is 1. The number of carbonyl (C=O) groups is 1. The van der Waals surface area contributed by atoms with Crippen LogP contribution in [0.1, 0.15) is 29.3 Å². The molecule has 2 aliphatic heterocycles. The van der Waals surface area contributed by atoms with E-state index in [1.807, 2.05) is 11.8 Å². The zero-order valence-corrected chi connectivity index (χ0v) is 14.8. The van der Waals surface area contributed by atoms with E-state index >= 15 is 0 Å². The Morgan fingerprint density at radius 2 is 2.25 bits per heavy atom. The normalized spacial score (nSPS) is 24.5. The number of nitriles is 1. The van der Waals surface area contributed by atoms with E-state index in [2.05, 4.69) is 16.3 Å². The van der Waals surface area contributed by atoms with Crippen LogP contribution < -0.4 is 5.32 Å². The first-order valence-corrected chi connectivity index (χ1v) is 9.50. The molecule has 0 saturated carbocycles. The first kappa shape index (κ1) is 17.3. The lowest BCUT2D eigenvalue weighted by Gasteiger charge is -2.43. The molecular formula is C18H23N3O2S. The number of benzene rings is 1. The molecule has 5 nitrogen and oxygen atoms in total. The molecule has 0 bridgehead atoms. The first-order valence-electron chi connectivity index (χ1n) is 8.34. The van der Waals surface area contributed by atoms with Crippen LogP contribution in [0.3, 0.4) is 0 Å². The van der Waals surface area contributed by atoms with Crippen molar-refractivity contribution in [2.75, 3.05) is 49.7 Å². The summed E-state index contributed by atoms with van der Waals surface area (Å²) in [6.45, 7) is 5.83. The van der Waals surface area contributed by atoms with Crippen LogP contribution in [0.25, 0.3) is 0 Å². The van der Waals surface area contributed by atoms with E-state index in [1.54, 1.807) is 25.1 Å². The number of morpholine rings is 1. The van der Waals surface area contributed by atoms with E-state index < -0.39 is 0 Å². The number of anilines is 1. The van der Waals surface area contributed by atoms with Gasteiger partial charge in [0.15, 0.2) is 5.78 Å². The quantitative estimate of drug-likeness (QED) is 0.827. The van der Waals surface area contributed by atoms with Crippen LogP contribution in [0.5, 0.6) is 0 Å². The Morgan fingerprint density at radius 3 is 2.88 bits per heavy atom. The Kier molecular flexibility index (Phi) is 5.44. The molecule has 0 aromatic heterocycles. The van der Waals surface area contributed by atoms with Crippen molar-refractivity contribution in [3.8, 4) is 6.07 Å². The lowest BCUT2D eigenvalue weighted by Crippen LogP contribution is -2.57. The third-order valence-electron chi connectivity index (χ3n) is 4.92. The number of ether oxygens (including phenoxy) is 1. The standard InChI is InChI=1S/C18H23N3O2S/c1-14(22)15-2-3-16(11-19)17(10-15)20-12-18(4-9-24-13-18)21-5-7-23-8-6-21/h2-3,10,20H,4-9,12-13H2,1H3. The van der Waals surface area contributed by atoms with Crippen LogP contribution in [0.15, 0.2) is 18.2 Å². The van der Waals surface area contributed by atoms with Gasteiger partial charge in [-0.15, -0.1) is 0 Å². The Labute approximate surface area is 147 Å². The summed E-state index contributed by atoms with van der Waals surface area (Å²) in [6, 6.07) is 7.46. The number of ketones is 1. The van der Waals surface area contributed by atoms with Crippen molar-refractivity contribution in [3.05, 3.63) is 29.3 Å². The number of rotatable bonds is 5. The minimum Gasteiger partial charge on any atom is -0.382 e. The average Bonchev–Trinajstić information content (AvgIpc) is 3.10. The molecule has 1 aromatic carbocycles. The highest BCUT2D eigenvalue weighted by Gasteiger charge is 2.40. The fourth-order valence-corrected chi connectivity index (χ4v) is 4.88. The van der Waals surface area contributed by atoms with Gasteiger partial charge in [-0.3, -0.25) is 9.69 Å². The van der Waals surface area contributed by atoms with Crippen molar-refractivity contribution < 1.29 is 9.53 Å². The van der Waals surface area contributed by atoms with Gasteiger partial charge in [-0.05, 0) is 37.3 Å². The second kappa shape index (κ2) is 7.56. The summed E-state index contributed by atoms with van der Waals surface area (Å²) in [7, 11) is 0. The molecule has 2 saturated heterocycles. The van der Waals surface area contributed by atoms with Gasteiger partial charge in [-0.2, -0.15) is 17.0 Å². The lowest BCUT2D eigenvalue weighted by molar-refractivity contribution is -0.00920. The van der Waals surface area contributed by atoms with Gasteiger partial charge in [0, 0.05) is 36.5 Å². The van der Waals surface area contributed by atoms with E-state index in [4.69, 9.17) is 4.74 Å². The number of hydrogen-bond donors (Lipinski definition) is 1. The minimum absolute atomic E-state index is 0.0156. The van der Waals surface area contributed by atoms with E-state index in [1.165, 1.54) is 0 Å². The summed E-state index contributed by atoms with van der Waals surface area (Å²) in [6.07, 6.45) is 1.14. The van der Waals surface area contributed by atoms with Crippen LogP contribution in [-0.2, 0) is 4.74 Å². The maximum Gasteiger partial charge on any atom is 0.159 e. The molecule has 2 aliphatic rings. The van der Waals surface area contributed by atoms with Gasteiger partial charge in [-0.1, -0.05) is 0 Å². The highest BCUT2D eigenvalue weighted by molar-refractivity contribution is 7.99. The number of Topliss-reactive ketones (excluding diaryl/α,β-unsaturated/α-hetero) is 1. The summed E-state index contributed by atoms with van der Waals surface area (Å²) in [4.78, 5) is 14.2. The molecule has 1 atom stereocenters. The molecule has 24 heavy (non-hydrogen) atoms. The predicted octanol–water partition coefficient (Wildman–Crippen LogP) is 2.38. The first-order chi connectivity index (χ1) is 11.6. The van der Waals surface area contributed by atoms with Crippen molar-refractivity contribution in [1.82, 2.24) is 4.90 Å². The second-order valence-corrected chi connectivity index (χ2v) is 7.51. The van der Waals surface area contributed by atoms with Crippen LogP contribution >= 0.6 is 11.8 Å². The smallest absolute Gasteiger partial charge is 0.159 e. The van der Waals surface area contributed by atoms with Crippen molar-refractivity contribution in [2.45, 2.75) is 18.9 Å². The molecule has 0 spiro atoms. The molecule has 0 amide bonds. The average molecular weight is 345 g/mol. The number of nitrogens with zero attached hydrogens (tertiary/aromatic N) is 2. The molecule has 1 N–H and O–H groups in total. The van der Waals surface area contributed by atoms with E-state index in [9.17, 15) is 10.1 Å². The molecule has 2 fully saturated rings. The molecule has 1 aromatic rings. The Morgan fingerprint density at radius 1 is 1.46 bits per heavy atom. The molecule has 128 valence electrons. The second-order valence-electron chi connectivity index (χ2n) is 6.41. The van der Waals surface area contributed by atoms with Gasteiger partial charge in [0.2, 0.25) is 0 Å². The summed E-state index contributed by atoms with van der Waals surface area (Å²) in [5.41, 5.74) is 2.09. The highest BCUT2D eigenvalue weighted by Crippen LogP contribution is 2.34. The largest absolute Gasteiger partial charge is 0.382 e. The molecule has 0 aliphatic carbocycles. The van der Waals surface area contributed by atoms with Gasteiger partial charge in [0.1, 0.15) is 6.07 Å². The fourth-order valence-electron chi connectivity index (χ4n) is 3.40. The van der Waals surface area contributed by atoms with Crippen LogP contribution in [0.4, 0.5) is 5.69 Å². The van der Waals surface area contributed by atoms with Crippen molar-refractivity contribution >= 4 is 23.2 Å². The van der Waals surface area contributed by atoms with Gasteiger partial charge >= 0.3 is 0 Å². The lowest BCUT2D eigenvalue weighted by atomic mass is 9.95. The summed E-state index contributed by atoms with van der Waals surface area (Å²) in [5.74, 6) is 2.27. The maximum absolute atomic E-state index is 11.6. The number of thioether (sulfide) groups is 1. The predicted molar refractivity (Wildman–Crippen MR) is 96.7 cm³/mol. The van der Waals surface area contributed by atoms with Crippen molar-refractivity contribution in [2.24, 2.45) is 0 Å². The Bertz CT molecular complexity index is 644. The highest BCUT2D eigenvalue weighted by atomic mass is 32.2. The van der Waals surface area contributed by atoms with Crippen LogP contribution in [0, 0.1) is 11.3 Å². The topological polar surface area (TPSA) is 65.4 Å². The summed E-state index contributed by atoms with van der Waals surface area (Å²) in [5, 5.41) is 12.8. The Balaban J connectivity index is 1.78. The zero-order chi connectivity index (χ0) is 17.0. The van der Waals surface area contributed by atoms with E-state index in [0.717, 1.165) is 56.5 Å². The SMILES string of the molecule is CC(=O)c1ccc(C#N)c(NCC2(N3CCOCC3)CCSC2)c1. The monoisotopic (exact) mass is 345 g/mol. The summed E-state index contributed by atoms with van der Waals surface area (Å²) >= 11 is 1.99. The molecule has 3 rings (SSSR count). The van der Waals surface area contributed by atoms with Crippen molar-refractivity contribution in [1.29, 1.82) is 5.26 Å². The molecule has 0 radical (unpaired) electrons. The van der Waals surface area contributed by atoms with Gasteiger partial charge in [0.25, 0.3) is 0 Å². The molecule has 2 heterocycles. The maximum atomic E-state index is 11.6.